The zero-order chi connectivity index (χ0) is 14.8. The fourth-order valence-corrected chi connectivity index (χ4v) is 2.57. The number of rotatable bonds is 2. The molecule has 0 saturated carbocycles. The number of hydrogen-bond acceptors (Lipinski definition) is 3. The van der Waals surface area contributed by atoms with Crippen molar-refractivity contribution >= 4 is 11.6 Å². The molecule has 1 aromatic heterocycles. The first kappa shape index (κ1) is 14.8. The second-order valence-electron chi connectivity index (χ2n) is 6.80. The van der Waals surface area contributed by atoms with Gasteiger partial charge in [-0.05, 0) is 51.7 Å². The normalized spacial score (nSPS) is 19.8. The van der Waals surface area contributed by atoms with Crippen molar-refractivity contribution in [1.82, 2.24) is 10.3 Å². The Balaban J connectivity index is 2.13. The Morgan fingerprint density at radius 3 is 2.85 bits per heavy atom. The van der Waals surface area contributed by atoms with E-state index in [2.05, 4.69) is 22.1 Å². The largest absolute Gasteiger partial charge is 0.371 e. The van der Waals surface area contributed by atoms with E-state index >= 15 is 0 Å². The van der Waals surface area contributed by atoms with Crippen LogP contribution in [-0.4, -0.2) is 29.5 Å². The van der Waals surface area contributed by atoms with E-state index in [1.165, 1.54) is 12.8 Å². The Kier molecular flexibility index (Phi) is 4.31. The molecule has 1 N–H and O–H groups in total. The summed E-state index contributed by atoms with van der Waals surface area (Å²) in [6.07, 6.45) is 4.23. The quantitative estimate of drug-likeness (QED) is 0.902. The molecule has 1 atom stereocenters. The number of anilines is 1. The molecule has 0 aliphatic carbocycles. The molecular formula is C16H25N3O. The molecule has 1 unspecified atom stereocenters. The van der Waals surface area contributed by atoms with E-state index in [9.17, 15) is 4.79 Å². The molecule has 0 radical (unpaired) electrons. The van der Waals surface area contributed by atoms with Crippen molar-refractivity contribution in [3.63, 3.8) is 0 Å². The van der Waals surface area contributed by atoms with Gasteiger partial charge in [0.15, 0.2) is 0 Å². The fraction of sp³-hybridized carbons (Fsp3) is 0.625. The van der Waals surface area contributed by atoms with Gasteiger partial charge < -0.3 is 10.2 Å². The van der Waals surface area contributed by atoms with Crippen LogP contribution in [-0.2, 0) is 0 Å². The molecule has 2 heterocycles. The van der Waals surface area contributed by atoms with Crippen molar-refractivity contribution in [2.75, 3.05) is 18.0 Å². The van der Waals surface area contributed by atoms with E-state index in [-0.39, 0.29) is 11.4 Å². The molecule has 110 valence electrons. The van der Waals surface area contributed by atoms with Crippen molar-refractivity contribution in [2.45, 2.75) is 46.1 Å². The molecule has 1 fully saturated rings. The van der Waals surface area contributed by atoms with Gasteiger partial charge in [0.2, 0.25) is 0 Å². The van der Waals surface area contributed by atoms with Crippen LogP contribution in [0.5, 0.6) is 0 Å². The minimum Gasteiger partial charge on any atom is -0.371 e. The first-order valence-electron chi connectivity index (χ1n) is 7.39. The van der Waals surface area contributed by atoms with Crippen molar-refractivity contribution < 1.29 is 4.79 Å². The smallest absolute Gasteiger partial charge is 0.270 e. The highest BCUT2D eigenvalue weighted by Gasteiger charge is 2.20. The van der Waals surface area contributed by atoms with Crippen LogP contribution in [0, 0.1) is 5.92 Å². The average Bonchev–Trinajstić information content (AvgIpc) is 2.37. The lowest BCUT2D eigenvalue weighted by Gasteiger charge is -2.32. The van der Waals surface area contributed by atoms with Crippen molar-refractivity contribution in [3.8, 4) is 0 Å². The zero-order valence-corrected chi connectivity index (χ0v) is 12.9. The van der Waals surface area contributed by atoms with E-state index in [4.69, 9.17) is 0 Å². The van der Waals surface area contributed by atoms with Crippen LogP contribution in [0.3, 0.4) is 0 Å². The zero-order valence-electron chi connectivity index (χ0n) is 12.9. The minimum atomic E-state index is -0.242. The molecule has 0 bridgehead atoms. The second-order valence-corrected chi connectivity index (χ2v) is 6.80. The molecule has 2 rings (SSSR count). The maximum atomic E-state index is 12.2. The van der Waals surface area contributed by atoms with Crippen LogP contribution >= 0.6 is 0 Å². The molecule has 4 nitrogen and oxygen atoms in total. The molecule has 0 aromatic carbocycles. The summed E-state index contributed by atoms with van der Waals surface area (Å²) in [6, 6.07) is 3.89. The van der Waals surface area contributed by atoms with Gasteiger partial charge in [-0.2, -0.15) is 0 Å². The number of piperidine rings is 1. The number of nitrogens with zero attached hydrogens (tertiary/aromatic N) is 2. The molecule has 1 amide bonds. The Morgan fingerprint density at radius 1 is 1.45 bits per heavy atom. The number of carbonyl (C=O) groups excluding carboxylic acids is 1. The number of amides is 1. The van der Waals surface area contributed by atoms with Gasteiger partial charge >= 0.3 is 0 Å². The standard InChI is InChI=1S/C16H25N3O/c1-12-6-5-9-19(11-12)13-7-8-17-14(10-13)15(20)18-16(2,3)4/h7-8,10,12H,5-6,9,11H2,1-4H3,(H,18,20). The highest BCUT2D eigenvalue weighted by Crippen LogP contribution is 2.23. The first-order chi connectivity index (χ1) is 9.35. The predicted octanol–water partition coefficient (Wildman–Crippen LogP) is 2.85. The van der Waals surface area contributed by atoms with E-state index in [1.54, 1.807) is 6.20 Å². The molecule has 1 aliphatic rings. The summed E-state index contributed by atoms with van der Waals surface area (Å²) in [7, 11) is 0. The molecular weight excluding hydrogens is 250 g/mol. The van der Waals surface area contributed by atoms with E-state index in [1.807, 2.05) is 32.9 Å². The van der Waals surface area contributed by atoms with E-state index in [0.717, 1.165) is 18.8 Å². The Hall–Kier alpha value is -1.58. The molecule has 1 aromatic rings. The lowest BCUT2D eigenvalue weighted by Crippen LogP contribution is -2.41. The van der Waals surface area contributed by atoms with Crippen molar-refractivity contribution in [2.24, 2.45) is 5.92 Å². The third-order valence-corrected chi connectivity index (χ3v) is 3.49. The molecule has 0 spiro atoms. The van der Waals surface area contributed by atoms with E-state index < -0.39 is 0 Å². The number of carbonyl (C=O) groups is 1. The number of hydrogen-bond donors (Lipinski definition) is 1. The fourth-order valence-electron chi connectivity index (χ4n) is 2.57. The van der Waals surface area contributed by atoms with Gasteiger partial charge in [-0.25, -0.2) is 0 Å². The number of pyridine rings is 1. The summed E-state index contributed by atoms with van der Waals surface area (Å²) in [5.74, 6) is 0.605. The van der Waals surface area contributed by atoms with Gasteiger partial charge in [0.05, 0.1) is 0 Å². The van der Waals surface area contributed by atoms with Gasteiger partial charge in [-0.15, -0.1) is 0 Å². The summed E-state index contributed by atoms with van der Waals surface area (Å²) in [5.41, 5.74) is 1.36. The Labute approximate surface area is 121 Å². The molecule has 20 heavy (non-hydrogen) atoms. The Morgan fingerprint density at radius 2 is 2.20 bits per heavy atom. The van der Waals surface area contributed by atoms with Crippen molar-refractivity contribution in [3.05, 3.63) is 24.0 Å². The Bertz CT molecular complexity index is 479. The van der Waals surface area contributed by atoms with Gasteiger partial charge in [0, 0.05) is 30.5 Å². The van der Waals surface area contributed by atoms with Crippen LogP contribution in [0.25, 0.3) is 0 Å². The van der Waals surface area contributed by atoms with Crippen LogP contribution in [0.4, 0.5) is 5.69 Å². The summed E-state index contributed by atoms with van der Waals surface area (Å²) in [4.78, 5) is 18.7. The molecule has 4 heteroatoms. The minimum absolute atomic E-state index is 0.107. The summed E-state index contributed by atoms with van der Waals surface area (Å²) in [5, 5.41) is 2.95. The topological polar surface area (TPSA) is 45.2 Å². The highest BCUT2D eigenvalue weighted by atomic mass is 16.2. The predicted molar refractivity (Wildman–Crippen MR) is 82.1 cm³/mol. The lowest BCUT2D eigenvalue weighted by atomic mass is 10.00. The first-order valence-corrected chi connectivity index (χ1v) is 7.39. The third kappa shape index (κ3) is 3.95. The van der Waals surface area contributed by atoms with Crippen molar-refractivity contribution in [1.29, 1.82) is 0 Å². The lowest BCUT2D eigenvalue weighted by molar-refractivity contribution is 0.0914. The van der Waals surface area contributed by atoms with Gasteiger partial charge in [-0.3, -0.25) is 9.78 Å². The molecule has 1 aliphatic heterocycles. The summed E-state index contributed by atoms with van der Waals surface area (Å²) in [6.45, 7) is 10.3. The maximum Gasteiger partial charge on any atom is 0.270 e. The van der Waals surface area contributed by atoms with Crippen LogP contribution in [0.2, 0.25) is 0 Å². The van der Waals surface area contributed by atoms with Gasteiger partial charge in [0.25, 0.3) is 5.91 Å². The average molecular weight is 275 g/mol. The van der Waals surface area contributed by atoms with E-state index in [0.29, 0.717) is 11.6 Å². The van der Waals surface area contributed by atoms with Crippen LogP contribution in [0.15, 0.2) is 18.3 Å². The monoisotopic (exact) mass is 275 g/mol. The number of aromatic nitrogens is 1. The highest BCUT2D eigenvalue weighted by molar-refractivity contribution is 5.93. The SMILES string of the molecule is CC1CCCN(c2ccnc(C(=O)NC(C)(C)C)c2)C1. The summed E-state index contributed by atoms with van der Waals surface area (Å²) >= 11 is 0. The van der Waals surface area contributed by atoms with Crippen LogP contribution in [0.1, 0.15) is 51.0 Å². The summed E-state index contributed by atoms with van der Waals surface area (Å²) < 4.78 is 0. The maximum absolute atomic E-state index is 12.2. The third-order valence-electron chi connectivity index (χ3n) is 3.49. The van der Waals surface area contributed by atoms with Crippen LogP contribution < -0.4 is 10.2 Å². The molecule has 1 saturated heterocycles. The number of nitrogens with one attached hydrogen (secondary N) is 1. The second kappa shape index (κ2) is 5.81. The van der Waals surface area contributed by atoms with Gasteiger partial charge in [0.1, 0.15) is 5.69 Å². The van der Waals surface area contributed by atoms with Gasteiger partial charge in [-0.1, -0.05) is 6.92 Å².